The van der Waals surface area contributed by atoms with Crippen LogP contribution in [0.2, 0.25) is 0 Å². The molecular weight excluding hydrogens is 370 g/mol. The molecule has 1 heterocycles. The van der Waals surface area contributed by atoms with E-state index >= 15 is 0 Å². The maximum atomic E-state index is 13.2. The maximum Gasteiger partial charge on any atom is 0.272 e. The number of amides is 2. The average molecular weight is 395 g/mol. The number of aryl methyl sites for hydroxylation is 1. The summed E-state index contributed by atoms with van der Waals surface area (Å²) in [6.07, 6.45) is 0. The number of aromatic amines is 1. The average Bonchev–Trinajstić information content (AvgIpc) is 3.04. The Kier molecular flexibility index (Phi) is 5.77. The van der Waals surface area contributed by atoms with E-state index < -0.39 is 0 Å². The van der Waals surface area contributed by atoms with Crippen LogP contribution in [0.15, 0.2) is 36.4 Å². The van der Waals surface area contributed by atoms with Crippen molar-refractivity contribution in [1.29, 1.82) is 0 Å². The van der Waals surface area contributed by atoms with Gasteiger partial charge in [0.1, 0.15) is 5.69 Å². The van der Waals surface area contributed by atoms with Crippen LogP contribution in [0.3, 0.4) is 0 Å². The first kappa shape index (κ1) is 20.3. The largest absolute Gasteiger partial charge is 0.493 e. The van der Waals surface area contributed by atoms with Gasteiger partial charge in [0.2, 0.25) is 5.91 Å². The highest BCUT2D eigenvalue weighted by molar-refractivity contribution is 6.12. The summed E-state index contributed by atoms with van der Waals surface area (Å²) in [5.41, 5.74) is 3.58. The molecule has 1 aromatic heterocycles. The number of fused-ring (bicyclic) bond motifs is 1. The van der Waals surface area contributed by atoms with E-state index in [0.717, 1.165) is 22.0 Å². The third-order valence-electron chi connectivity index (χ3n) is 4.68. The summed E-state index contributed by atoms with van der Waals surface area (Å²) < 4.78 is 10.6. The molecule has 0 unspecified atom stereocenters. The van der Waals surface area contributed by atoms with Crippen molar-refractivity contribution in [2.75, 3.05) is 26.6 Å². The number of carbonyl (C=O) groups is 2. The van der Waals surface area contributed by atoms with E-state index in [4.69, 9.17) is 9.47 Å². The summed E-state index contributed by atoms with van der Waals surface area (Å²) in [5.74, 6) is 0.774. The zero-order valence-electron chi connectivity index (χ0n) is 17.3. The summed E-state index contributed by atoms with van der Waals surface area (Å²) >= 11 is 0. The fraction of sp³-hybridized carbons (Fsp3) is 0.273. The van der Waals surface area contributed by atoms with Gasteiger partial charge in [0, 0.05) is 31.4 Å². The molecule has 7 nitrogen and oxygen atoms in total. The number of anilines is 1. The van der Waals surface area contributed by atoms with E-state index in [0.29, 0.717) is 29.4 Å². The van der Waals surface area contributed by atoms with Gasteiger partial charge in [-0.3, -0.25) is 9.59 Å². The molecule has 3 rings (SSSR count). The second-order valence-corrected chi connectivity index (χ2v) is 6.96. The number of rotatable bonds is 6. The van der Waals surface area contributed by atoms with Crippen LogP contribution in [-0.2, 0) is 11.3 Å². The van der Waals surface area contributed by atoms with Crippen LogP contribution in [0.25, 0.3) is 10.9 Å². The molecule has 0 atom stereocenters. The number of hydrogen-bond donors (Lipinski definition) is 2. The molecule has 0 saturated heterocycles. The van der Waals surface area contributed by atoms with Crippen LogP contribution in [0.5, 0.6) is 11.5 Å². The Morgan fingerprint density at radius 2 is 1.79 bits per heavy atom. The molecule has 0 aliphatic heterocycles. The summed E-state index contributed by atoms with van der Waals surface area (Å²) in [7, 11) is 4.87. The molecule has 2 amide bonds. The predicted molar refractivity (Wildman–Crippen MR) is 113 cm³/mol. The van der Waals surface area contributed by atoms with Crippen LogP contribution in [0.1, 0.15) is 28.5 Å². The van der Waals surface area contributed by atoms with E-state index in [1.54, 1.807) is 32.2 Å². The molecule has 2 aromatic carbocycles. The van der Waals surface area contributed by atoms with Gasteiger partial charge < -0.3 is 24.7 Å². The monoisotopic (exact) mass is 395 g/mol. The van der Waals surface area contributed by atoms with Gasteiger partial charge in [-0.25, -0.2) is 0 Å². The number of carbonyl (C=O) groups excluding carboxylic acids is 2. The minimum Gasteiger partial charge on any atom is -0.493 e. The highest BCUT2D eigenvalue weighted by Crippen LogP contribution is 2.31. The third kappa shape index (κ3) is 4.18. The normalized spacial score (nSPS) is 10.7. The summed E-state index contributed by atoms with van der Waals surface area (Å²) in [5, 5.41) is 3.61. The molecule has 7 heteroatoms. The molecule has 0 saturated carbocycles. The fourth-order valence-corrected chi connectivity index (χ4v) is 3.29. The van der Waals surface area contributed by atoms with E-state index in [-0.39, 0.29) is 11.8 Å². The first-order valence-corrected chi connectivity index (χ1v) is 9.20. The van der Waals surface area contributed by atoms with Gasteiger partial charge in [-0.1, -0.05) is 17.7 Å². The fourth-order valence-electron chi connectivity index (χ4n) is 3.29. The van der Waals surface area contributed by atoms with Crippen LogP contribution in [0.4, 0.5) is 5.69 Å². The standard InChI is InChI=1S/C22H25N3O4/c1-13-6-8-17-16(10-13)20(23-14(2)26)21(24-17)22(27)25(3)12-15-7-9-18(28-4)19(11-15)29-5/h6-11,24H,12H2,1-5H3,(H,23,26). The summed E-state index contributed by atoms with van der Waals surface area (Å²) in [6, 6.07) is 11.3. The minimum atomic E-state index is -0.232. The van der Waals surface area contributed by atoms with E-state index in [1.165, 1.54) is 6.92 Å². The quantitative estimate of drug-likeness (QED) is 0.666. The molecule has 3 aromatic rings. The number of aromatic nitrogens is 1. The molecule has 0 bridgehead atoms. The lowest BCUT2D eigenvalue weighted by Crippen LogP contribution is -2.27. The zero-order valence-corrected chi connectivity index (χ0v) is 17.3. The van der Waals surface area contributed by atoms with E-state index in [9.17, 15) is 9.59 Å². The smallest absolute Gasteiger partial charge is 0.272 e. The number of nitrogens with zero attached hydrogens (tertiary/aromatic N) is 1. The molecule has 152 valence electrons. The van der Waals surface area contributed by atoms with Crippen LogP contribution >= 0.6 is 0 Å². The molecule has 0 fully saturated rings. The number of H-pyrrole nitrogens is 1. The van der Waals surface area contributed by atoms with Gasteiger partial charge in [0.05, 0.1) is 19.9 Å². The number of nitrogens with one attached hydrogen (secondary N) is 2. The van der Waals surface area contributed by atoms with Gasteiger partial charge >= 0.3 is 0 Å². The van der Waals surface area contributed by atoms with Crippen LogP contribution < -0.4 is 14.8 Å². The van der Waals surface area contributed by atoms with Gasteiger partial charge in [0.25, 0.3) is 5.91 Å². The highest BCUT2D eigenvalue weighted by atomic mass is 16.5. The zero-order chi connectivity index (χ0) is 21.1. The van der Waals surface area contributed by atoms with Crippen LogP contribution in [0, 0.1) is 6.92 Å². The van der Waals surface area contributed by atoms with Crippen molar-refractivity contribution in [3.05, 3.63) is 53.2 Å². The lowest BCUT2D eigenvalue weighted by atomic mass is 10.1. The predicted octanol–water partition coefficient (Wildman–Crippen LogP) is 3.72. The molecule has 0 aliphatic carbocycles. The third-order valence-corrected chi connectivity index (χ3v) is 4.68. The van der Waals surface area contributed by atoms with Gasteiger partial charge in [-0.15, -0.1) is 0 Å². The Balaban J connectivity index is 1.93. The molecule has 0 aliphatic rings. The minimum absolute atomic E-state index is 0.225. The Hall–Kier alpha value is -3.48. The van der Waals surface area contributed by atoms with Gasteiger partial charge in [-0.2, -0.15) is 0 Å². The molecule has 0 spiro atoms. The maximum absolute atomic E-state index is 13.2. The number of ether oxygens (including phenoxy) is 2. The van der Waals surface area contributed by atoms with Gasteiger partial charge in [-0.05, 0) is 36.8 Å². The van der Waals surface area contributed by atoms with E-state index in [1.807, 2.05) is 37.3 Å². The summed E-state index contributed by atoms with van der Waals surface area (Å²) in [4.78, 5) is 29.6. The topological polar surface area (TPSA) is 83.7 Å². The second-order valence-electron chi connectivity index (χ2n) is 6.96. The van der Waals surface area contributed by atoms with Crippen molar-refractivity contribution >= 4 is 28.4 Å². The van der Waals surface area contributed by atoms with Gasteiger partial charge in [0.15, 0.2) is 11.5 Å². The van der Waals surface area contributed by atoms with Crippen LogP contribution in [-0.4, -0.2) is 43.0 Å². The van der Waals surface area contributed by atoms with E-state index in [2.05, 4.69) is 10.3 Å². The summed E-state index contributed by atoms with van der Waals surface area (Å²) in [6.45, 7) is 3.76. The Labute approximate surface area is 169 Å². The lowest BCUT2D eigenvalue weighted by Gasteiger charge is -2.18. The Bertz CT molecular complexity index is 1070. The van der Waals surface area contributed by atoms with Crippen molar-refractivity contribution in [3.8, 4) is 11.5 Å². The van der Waals surface area contributed by atoms with Crippen molar-refractivity contribution in [1.82, 2.24) is 9.88 Å². The van der Waals surface area contributed by atoms with Crippen molar-refractivity contribution in [3.63, 3.8) is 0 Å². The molecule has 0 radical (unpaired) electrons. The highest BCUT2D eigenvalue weighted by Gasteiger charge is 2.22. The molecule has 2 N–H and O–H groups in total. The van der Waals surface area contributed by atoms with Crippen molar-refractivity contribution < 1.29 is 19.1 Å². The first-order valence-electron chi connectivity index (χ1n) is 9.20. The van der Waals surface area contributed by atoms with Crippen molar-refractivity contribution in [2.24, 2.45) is 0 Å². The second kappa shape index (κ2) is 8.26. The lowest BCUT2D eigenvalue weighted by molar-refractivity contribution is -0.114. The number of benzene rings is 2. The Morgan fingerprint density at radius 3 is 2.45 bits per heavy atom. The first-order chi connectivity index (χ1) is 13.8. The Morgan fingerprint density at radius 1 is 1.07 bits per heavy atom. The molecular formula is C22H25N3O4. The van der Waals surface area contributed by atoms with Crippen molar-refractivity contribution in [2.45, 2.75) is 20.4 Å². The molecule has 29 heavy (non-hydrogen) atoms. The SMILES string of the molecule is COc1ccc(CN(C)C(=O)c2[nH]c3ccc(C)cc3c2NC(C)=O)cc1OC. The number of hydrogen-bond acceptors (Lipinski definition) is 4. The number of methoxy groups -OCH3 is 2.